The number of rotatable bonds is 5. The van der Waals surface area contributed by atoms with Gasteiger partial charge in [0.1, 0.15) is 0 Å². The van der Waals surface area contributed by atoms with Crippen molar-refractivity contribution in [2.24, 2.45) is 0 Å². The van der Waals surface area contributed by atoms with E-state index in [1.165, 1.54) is 0 Å². The number of ether oxygens (including phenoxy) is 1. The molecule has 24 heavy (non-hydrogen) atoms. The van der Waals surface area contributed by atoms with Crippen molar-refractivity contribution >= 4 is 38.8 Å². The number of imidazole rings is 1. The molecular weight excluding hydrogens is 372 g/mol. The second-order valence-corrected chi connectivity index (χ2v) is 6.12. The van der Waals surface area contributed by atoms with Gasteiger partial charge in [0.25, 0.3) is 0 Å². The Balaban J connectivity index is 1.82. The van der Waals surface area contributed by atoms with E-state index < -0.39 is 0 Å². The number of halogens is 1. The van der Waals surface area contributed by atoms with Gasteiger partial charge < -0.3 is 9.30 Å². The van der Waals surface area contributed by atoms with Gasteiger partial charge >= 0.3 is 0 Å². The van der Waals surface area contributed by atoms with Crippen molar-refractivity contribution < 1.29 is 9.53 Å². The summed E-state index contributed by atoms with van der Waals surface area (Å²) in [5.41, 5.74) is 2.46. The summed E-state index contributed by atoms with van der Waals surface area (Å²) in [6, 6.07) is 11.2. The maximum Gasteiger partial charge on any atom is 0.232 e. The minimum atomic E-state index is -0.167. The molecule has 124 valence electrons. The molecule has 0 unspecified atom stereocenters. The minimum Gasteiger partial charge on any atom is -0.481 e. The van der Waals surface area contributed by atoms with Crippen LogP contribution in [0.5, 0.6) is 5.88 Å². The van der Waals surface area contributed by atoms with E-state index in [0.29, 0.717) is 24.1 Å². The largest absolute Gasteiger partial charge is 0.481 e. The normalized spacial score (nSPS) is 10.8. The van der Waals surface area contributed by atoms with Crippen LogP contribution in [0.25, 0.3) is 11.0 Å². The number of benzene rings is 1. The molecule has 0 aliphatic carbocycles. The molecular formula is C17H17BrN4O2. The Morgan fingerprint density at radius 2 is 2.12 bits per heavy atom. The molecule has 7 heteroatoms. The van der Waals surface area contributed by atoms with E-state index in [9.17, 15) is 4.79 Å². The van der Waals surface area contributed by atoms with Gasteiger partial charge in [-0.3, -0.25) is 10.1 Å². The van der Waals surface area contributed by atoms with E-state index in [1.54, 1.807) is 19.2 Å². The Morgan fingerprint density at radius 3 is 2.88 bits per heavy atom. The lowest BCUT2D eigenvalue weighted by atomic mass is 10.2. The molecule has 1 aromatic carbocycles. The van der Waals surface area contributed by atoms with Crippen LogP contribution in [0.15, 0.2) is 40.9 Å². The molecule has 6 nitrogen and oxygen atoms in total. The van der Waals surface area contributed by atoms with E-state index in [2.05, 4.69) is 31.2 Å². The number of nitrogens with zero attached hydrogens (tertiary/aromatic N) is 3. The summed E-state index contributed by atoms with van der Waals surface area (Å²) in [5, 5.41) is 2.87. The molecule has 0 atom stereocenters. The number of anilines is 1. The SMILES string of the molecule is CCn1c(NC(=O)Cc2cccc(OC)n2)nc2ccc(Br)cc21. The molecule has 0 aliphatic rings. The van der Waals surface area contributed by atoms with E-state index >= 15 is 0 Å². The van der Waals surface area contributed by atoms with Crippen molar-refractivity contribution in [2.45, 2.75) is 19.9 Å². The highest BCUT2D eigenvalue weighted by atomic mass is 79.9. The Kier molecular flexibility index (Phi) is 4.80. The molecule has 0 aliphatic heterocycles. The molecule has 0 fully saturated rings. The molecule has 2 heterocycles. The Morgan fingerprint density at radius 1 is 1.29 bits per heavy atom. The lowest BCUT2D eigenvalue weighted by Crippen LogP contribution is -2.18. The average Bonchev–Trinajstić information content (AvgIpc) is 2.90. The summed E-state index contributed by atoms with van der Waals surface area (Å²) >= 11 is 3.47. The summed E-state index contributed by atoms with van der Waals surface area (Å²) in [6.07, 6.45) is 0.161. The number of amides is 1. The van der Waals surface area contributed by atoms with E-state index in [1.807, 2.05) is 35.8 Å². The van der Waals surface area contributed by atoms with E-state index in [0.717, 1.165) is 15.5 Å². The third-order valence-electron chi connectivity index (χ3n) is 3.61. The fourth-order valence-corrected chi connectivity index (χ4v) is 2.86. The highest BCUT2D eigenvalue weighted by molar-refractivity contribution is 9.10. The van der Waals surface area contributed by atoms with Crippen molar-refractivity contribution in [1.82, 2.24) is 14.5 Å². The molecule has 3 rings (SSSR count). The fourth-order valence-electron chi connectivity index (χ4n) is 2.51. The van der Waals surface area contributed by atoms with Crippen molar-refractivity contribution in [1.29, 1.82) is 0 Å². The summed E-state index contributed by atoms with van der Waals surface area (Å²) in [6.45, 7) is 2.72. The second-order valence-electron chi connectivity index (χ2n) is 5.21. The summed E-state index contributed by atoms with van der Waals surface area (Å²) in [7, 11) is 1.55. The molecule has 0 saturated carbocycles. The molecule has 2 aromatic heterocycles. The number of fused-ring (bicyclic) bond motifs is 1. The number of carbonyl (C=O) groups excluding carboxylic acids is 1. The number of hydrogen-bond donors (Lipinski definition) is 1. The number of aromatic nitrogens is 3. The van der Waals surface area contributed by atoms with E-state index in [4.69, 9.17) is 4.74 Å². The predicted octanol–water partition coefficient (Wildman–Crippen LogP) is 3.40. The topological polar surface area (TPSA) is 69.0 Å². The van der Waals surface area contributed by atoms with Crippen molar-refractivity contribution in [3.05, 3.63) is 46.6 Å². The van der Waals surface area contributed by atoms with Gasteiger partial charge in [-0.2, -0.15) is 0 Å². The first kappa shape index (κ1) is 16.4. The van der Waals surface area contributed by atoms with Gasteiger partial charge in [0, 0.05) is 17.1 Å². The standard InChI is InChI=1S/C17H17BrN4O2/c1-3-22-14-9-11(18)7-8-13(14)20-17(22)21-15(23)10-12-5-4-6-16(19-12)24-2/h4-9H,3,10H2,1-2H3,(H,20,21,23). The van der Waals surface area contributed by atoms with Crippen LogP contribution in [-0.4, -0.2) is 27.6 Å². The maximum absolute atomic E-state index is 12.3. The van der Waals surface area contributed by atoms with Gasteiger partial charge in [0.05, 0.1) is 30.3 Å². The lowest BCUT2D eigenvalue weighted by molar-refractivity contribution is -0.115. The number of methoxy groups -OCH3 is 1. The van der Waals surface area contributed by atoms with Crippen LogP contribution in [0.3, 0.4) is 0 Å². The van der Waals surface area contributed by atoms with Crippen LogP contribution < -0.4 is 10.1 Å². The summed E-state index contributed by atoms with van der Waals surface area (Å²) in [4.78, 5) is 21.1. The highest BCUT2D eigenvalue weighted by Gasteiger charge is 2.13. The number of nitrogens with one attached hydrogen (secondary N) is 1. The van der Waals surface area contributed by atoms with Crippen molar-refractivity contribution in [3.8, 4) is 5.88 Å². The Bertz CT molecular complexity index is 891. The third kappa shape index (κ3) is 3.41. The van der Waals surface area contributed by atoms with Gasteiger partial charge in [-0.05, 0) is 31.2 Å². The second kappa shape index (κ2) is 7.00. The minimum absolute atomic E-state index is 0.161. The Labute approximate surface area is 148 Å². The fraction of sp³-hybridized carbons (Fsp3) is 0.235. The first-order chi connectivity index (χ1) is 11.6. The zero-order valence-electron chi connectivity index (χ0n) is 13.4. The maximum atomic E-state index is 12.3. The number of carbonyl (C=O) groups is 1. The van der Waals surface area contributed by atoms with Crippen LogP contribution in [0.2, 0.25) is 0 Å². The molecule has 1 amide bonds. The lowest BCUT2D eigenvalue weighted by Gasteiger charge is -2.08. The van der Waals surface area contributed by atoms with Gasteiger partial charge in [-0.25, -0.2) is 9.97 Å². The average molecular weight is 389 g/mol. The zero-order chi connectivity index (χ0) is 17.1. The van der Waals surface area contributed by atoms with Crippen LogP contribution >= 0.6 is 15.9 Å². The number of pyridine rings is 1. The first-order valence-corrected chi connectivity index (χ1v) is 8.35. The summed E-state index contributed by atoms with van der Waals surface area (Å²) < 4.78 is 8.02. The third-order valence-corrected chi connectivity index (χ3v) is 4.10. The summed E-state index contributed by atoms with van der Waals surface area (Å²) in [5.74, 6) is 0.865. The van der Waals surface area contributed by atoms with E-state index in [-0.39, 0.29) is 12.3 Å². The van der Waals surface area contributed by atoms with Crippen molar-refractivity contribution in [2.75, 3.05) is 12.4 Å². The van der Waals surface area contributed by atoms with Gasteiger partial charge in [-0.15, -0.1) is 0 Å². The monoisotopic (exact) mass is 388 g/mol. The molecule has 3 aromatic rings. The molecule has 0 bridgehead atoms. The van der Waals surface area contributed by atoms with Gasteiger partial charge in [0.2, 0.25) is 17.7 Å². The first-order valence-electron chi connectivity index (χ1n) is 7.56. The van der Waals surface area contributed by atoms with Crippen LogP contribution in [0.4, 0.5) is 5.95 Å². The Hall–Kier alpha value is -2.41. The van der Waals surface area contributed by atoms with Gasteiger partial charge in [0.15, 0.2) is 0 Å². The molecule has 0 saturated heterocycles. The molecule has 1 N–H and O–H groups in total. The molecule has 0 radical (unpaired) electrons. The number of aryl methyl sites for hydroxylation is 1. The molecule has 0 spiro atoms. The smallest absolute Gasteiger partial charge is 0.232 e. The number of hydrogen-bond acceptors (Lipinski definition) is 4. The van der Waals surface area contributed by atoms with Crippen LogP contribution in [0.1, 0.15) is 12.6 Å². The zero-order valence-corrected chi connectivity index (χ0v) is 15.0. The van der Waals surface area contributed by atoms with Crippen molar-refractivity contribution in [3.63, 3.8) is 0 Å². The van der Waals surface area contributed by atoms with Crippen LogP contribution in [-0.2, 0) is 17.8 Å². The highest BCUT2D eigenvalue weighted by Crippen LogP contribution is 2.23. The predicted molar refractivity (Wildman–Crippen MR) is 96.2 cm³/mol. The van der Waals surface area contributed by atoms with Crippen LogP contribution in [0, 0.1) is 0 Å². The van der Waals surface area contributed by atoms with Gasteiger partial charge in [-0.1, -0.05) is 22.0 Å². The quantitative estimate of drug-likeness (QED) is 0.726.